The largest absolute Gasteiger partial charge is 0.490 e. The second-order valence-corrected chi connectivity index (χ2v) is 9.22. The van der Waals surface area contributed by atoms with E-state index in [9.17, 15) is 14.7 Å². The maximum Gasteiger partial charge on any atom is 0.337 e. The molecule has 1 aliphatic heterocycles. The number of fused-ring (bicyclic) bond motifs is 1. The van der Waals surface area contributed by atoms with Gasteiger partial charge in [-0.05, 0) is 44.5 Å². The second kappa shape index (κ2) is 12.9. The fraction of sp³-hybridized carbons (Fsp3) is 0.300. The number of methoxy groups -OCH3 is 1. The van der Waals surface area contributed by atoms with Gasteiger partial charge in [-0.25, -0.2) is 9.59 Å². The van der Waals surface area contributed by atoms with E-state index < -0.39 is 24.3 Å². The average molecular weight is 560 g/mol. The number of allylic oxidation sites excluding steroid dienone is 1. The molecule has 1 aromatic heterocycles. The molecule has 41 heavy (non-hydrogen) atoms. The lowest BCUT2D eigenvalue weighted by atomic mass is 9.95. The van der Waals surface area contributed by atoms with Crippen LogP contribution in [0.1, 0.15) is 36.7 Å². The topological polar surface area (TPSA) is 135 Å². The molecule has 0 bridgehead atoms. The van der Waals surface area contributed by atoms with Gasteiger partial charge in [0, 0.05) is 27.9 Å². The van der Waals surface area contributed by atoms with Crippen molar-refractivity contribution in [3.8, 4) is 23.8 Å². The highest BCUT2D eigenvalue weighted by Crippen LogP contribution is 2.35. The van der Waals surface area contributed by atoms with E-state index in [1.54, 1.807) is 31.3 Å². The van der Waals surface area contributed by atoms with Crippen LogP contribution in [0.15, 0.2) is 58.8 Å². The van der Waals surface area contributed by atoms with E-state index in [0.717, 1.165) is 22.2 Å². The SMILES string of the molecule is C#CCn1c(C)c(/C=N/N[C@H](O)COc2ccc([C@H]3NC(=O)NC(C)=C3C(=O)OC)cc2OCC)c2ccccc21. The number of para-hydroxylation sites is 1. The van der Waals surface area contributed by atoms with Crippen molar-refractivity contribution in [2.75, 3.05) is 20.3 Å². The zero-order valence-corrected chi connectivity index (χ0v) is 23.4. The minimum Gasteiger partial charge on any atom is -0.490 e. The van der Waals surface area contributed by atoms with Crippen LogP contribution in [0, 0.1) is 19.3 Å². The standard InChI is InChI=1S/C30H33N5O6/c1-6-14-35-19(4)22(21-10-8-9-11-23(21)35)16-31-34-26(36)17-41-24-13-12-20(15-25(24)40-7-2)28-27(29(37)39-5)18(3)32-30(38)33-28/h1,8-13,15-16,26,28,34,36H,7,14,17H2,2-5H3,(H2,32,33,38)/b31-16+/t26-,28-/m1/s1. The van der Waals surface area contributed by atoms with Gasteiger partial charge >= 0.3 is 12.0 Å². The number of aliphatic hydroxyl groups is 1. The number of terminal acetylenes is 1. The molecule has 1 aliphatic rings. The summed E-state index contributed by atoms with van der Waals surface area (Å²) in [6, 6.07) is 11.7. The third kappa shape index (κ3) is 6.28. The first-order chi connectivity index (χ1) is 19.8. The van der Waals surface area contributed by atoms with Crippen LogP contribution in [0.4, 0.5) is 4.79 Å². The molecule has 214 valence electrons. The normalized spacial score (nSPS) is 15.7. The van der Waals surface area contributed by atoms with Crippen molar-refractivity contribution in [2.24, 2.45) is 5.10 Å². The molecule has 0 spiro atoms. The molecule has 4 N–H and O–H groups in total. The lowest BCUT2D eigenvalue weighted by Gasteiger charge is -2.28. The van der Waals surface area contributed by atoms with Crippen LogP contribution in [0.2, 0.25) is 0 Å². The zero-order chi connectivity index (χ0) is 29.5. The summed E-state index contributed by atoms with van der Waals surface area (Å²) >= 11 is 0. The molecular formula is C30H33N5O6. The fourth-order valence-corrected chi connectivity index (χ4v) is 4.73. The first-order valence-corrected chi connectivity index (χ1v) is 13.0. The molecule has 2 amide bonds. The molecule has 3 aromatic rings. The molecule has 11 heteroatoms. The van der Waals surface area contributed by atoms with Gasteiger partial charge in [-0.3, -0.25) is 5.43 Å². The number of carbonyl (C=O) groups excluding carboxylic acids is 2. The van der Waals surface area contributed by atoms with Gasteiger partial charge in [0.1, 0.15) is 6.61 Å². The Balaban J connectivity index is 1.47. The maximum atomic E-state index is 12.4. The Morgan fingerprint density at radius 2 is 2.02 bits per heavy atom. The molecule has 11 nitrogen and oxygen atoms in total. The van der Waals surface area contributed by atoms with Crippen LogP contribution >= 0.6 is 0 Å². The van der Waals surface area contributed by atoms with E-state index in [-0.39, 0.29) is 12.2 Å². The smallest absolute Gasteiger partial charge is 0.337 e. The number of nitrogens with zero attached hydrogens (tertiary/aromatic N) is 2. The van der Waals surface area contributed by atoms with Gasteiger partial charge in [0.05, 0.1) is 38.1 Å². The van der Waals surface area contributed by atoms with Gasteiger partial charge in [0.25, 0.3) is 0 Å². The number of nitrogens with one attached hydrogen (secondary N) is 3. The minimum atomic E-state index is -1.13. The highest BCUT2D eigenvalue weighted by atomic mass is 16.5. The number of hydrogen-bond acceptors (Lipinski definition) is 8. The van der Waals surface area contributed by atoms with Gasteiger partial charge < -0.3 is 34.5 Å². The Kier molecular flexibility index (Phi) is 9.16. The Hall–Kier alpha value is -4.95. The number of rotatable bonds is 11. The average Bonchev–Trinajstić information content (AvgIpc) is 3.22. The number of esters is 1. The summed E-state index contributed by atoms with van der Waals surface area (Å²) in [6.07, 6.45) is 6.07. The van der Waals surface area contributed by atoms with Crippen LogP contribution in [0.3, 0.4) is 0 Å². The highest BCUT2D eigenvalue weighted by Gasteiger charge is 2.32. The van der Waals surface area contributed by atoms with E-state index in [2.05, 4.69) is 27.1 Å². The molecule has 0 unspecified atom stereocenters. The van der Waals surface area contributed by atoms with Gasteiger partial charge in [-0.1, -0.05) is 30.2 Å². The molecule has 4 rings (SSSR count). The van der Waals surface area contributed by atoms with Crippen molar-refractivity contribution in [2.45, 2.75) is 39.6 Å². The van der Waals surface area contributed by atoms with Crippen molar-refractivity contribution in [3.63, 3.8) is 0 Å². The quantitative estimate of drug-likeness (QED) is 0.0932. The molecule has 2 aromatic carbocycles. The monoisotopic (exact) mass is 559 g/mol. The zero-order valence-electron chi connectivity index (χ0n) is 23.4. The predicted molar refractivity (Wildman–Crippen MR) is 154 cm³/mol. The second-order valence-electron chi connectivity index (χ2n) is 9.22. The predicted octanol–water partition coefficient (Wildman–Crippen LogP) is 3.10. The Bertz CT molecular complexity index is 1550. The summed E-state index contributed by atoms with van der Waals surface area (Å²) in [7, 11) is 1.28. The molecule has 2 heterocycles. The summed E-state index contributed by atoms with van der Waals surface area (Å²) in [5, 5.41) is 21.0. The third-order valence-electron chi connectivity index (χ3n) is 6.62. The van der Waals surface area contributed by atoms with Crippen molar-refractivity contribution in [1.82, 2.24) is 20.6 Å². The summed E-state index contributed by atoms with van der Waals surface area (Å²) in [5.74, 6) is 2.86. The number of amides is 2. The number of urea groups is 1. The van der Waals surface area contributed by atoms with Crippen molar-refractivity contribution >= 4 is 29.1 Å². The van der Waals surface area contributed by atoms with Gasteiger partial charge in [0.15, 0.2) is 17.7 Å². The molecule has 2 atom stereocenters. The number of aliphatic hydroxyl groups excluding tert-OH is 1. The lowest BCUT2D eigenvalue weighted by molar-refractivity contribution is -0.136. The van der Waals surface area contributed by atoms with E-state index in [1.807, 2.05) is 42.7 Å². The molecule has 0 aliphatic carbocycles. The van der Waals surface area contributed by atoms with E-state index in [0.29, 0.717) is 35.9 Å². The number of carbonyl (C=O) groups is 2. The van der Waals surface area contributed by atoms with Crippen LogP contribution in [0.5, 0.6) is 11.5 Å². The summed E-state index contributed by atoms with van der Waals surface area (Å²) in [4.78, 5) is 24.6. The first kappa shape index (κ1) is 29.0. The Morgan fingerprint density at radius 1 is 1.24 bits per heavy atom. The third-order valence-corrected chi connectivity index (χ3v) is 6.62. The van der Waals surface area contributed by atoms with E-state index in [4.69, 9.17) is 20.6 Å². The van der Waals surface area contributed by atoms with Crippen molar-refractivity contribution in [3.05, 3.63) is 70.6 Å². The van der Waals surface area contributed by atoms with Crippen LogP contribution in [-0.2, 0) is 16.1 Å². The van der Waals surface area contributed by atoms with Crippen LogP contribution in [-0.4, -0.2) is 54.4 Å². The summed E-state index contributed by atoms with van der Waals surface area (Å²) < 4.78 is 18.5. The Morgan fingerprint density at radius 3 is 2.76 bits per heavy atom. The molecule has 0 fully saturated rings. The van der Waals surface area contributed by atoms with Gasteiger partial charge in [0.2, 0.25) is 0 Å². The summed E-state index contributed by atoms with van der Waals surface area (Å²) in [6.45, 7) is 6.07. The number of aromatic nitrogens is 1. The highest BCUT2D eigenvalue weighted by molar-refractivity contribution is 6.01. The fourth-order valence-electron chi connectivity index (χ4n) is 4.73. The molecular weight excluding hydrogens is 526 g/mol. The van der Waals surface area contributed by atoms with Crippen molar-refractivity contribution < 1.29 is 28.9 Å². The van der Waals surface area contributed by atoms with Crippen LogP contribution in [0.25, 0.3) is 10.9 Å². The minimum absolute atomic E-state index is 0.134. The van der Waals surface area contributed by atoms with E-state index in [1.165, 1.54) is 7.11 Å². The summed E-state index contributed by atoms with van der Waals surface area (Å²) in [5.41, 5.74) is 6.82. The molecule has 0 radical (unpaired) electrons. The molecule has 0 saturated carbocycles. The van der Waals surface area contributed by atoms with Gasteiger partial charge in [-0.2, -0.15) is 5.10 Å². The van der Waals surface area contributed by atoms with Gasteiger partial charge in [-0.15, -0.1) is 6.42 Å². The van der Waals surface area contributed by atoms with Crippen LogP contribution < -0.4 is 25.5 Å². The first-order valence-electron chi connectivity index (χ1n) is 13.0. The van der Waals surface area contributed by atoms with Crippen molar-refractivity contribution in [1.29, 1.82) is 0 Å². The molecule has 0 saturated heterocycles. The number of hydrazone groups is 1. The maximum absolute atomic E-state index is 12.4. The number of hydrogen-bond donors (Lipinski definition) is 4. The lowest BCUT2D eigenvalue weighted by Crippen LogP contribution is -2.45. The Labute approximate surface area is 238 Å². The number of ether oxygens (including phenoxy) is 3. The number of benzene rings is 2. The van der Waals surface area contributed by atoms with E-state index >= 15 is 0 Å².